The third-order valence-corrected chi connectivity index (χ3v) is 14.4. The maximum atomic E-state index is 13.7. The van der Waals surface area contributed by atoms with Gasteiger partial charge in [-0.3, -0.25) is 4.79 Å². The van der Waals surface area contributed by atoms with Crippen LogP contribution in [0.2, 0.25) is 6.04 Å². The van der Waals surface area contributed by atoms with E-state index < -0.39 is 169 Å². The summed E-state index contributed by atoms with van der Waals surface area (Å²) in [4.78, 5) is 31.4. The third-order valence-electron chi connectivity index (χ3n) is 9.71. The summed E-state index contributed by atoms with van der Waals surface area (Å²) in [5.74, 6) is -118. The molecule has 0 heterocycles. The Labute approximate surface area is 508 Å². The number of hydrogen-bond acceptors (Lipinski definition) is 12. The lowest BCUT2D eigenvalue weighted by Gasteiger charge is -2.39. The van der Waals surface area contributed by atoms with Crippen LogP contribution in [0.15, 0.2) is 25.3 Å². The molecule has 0 fully saturated rings. The first kappa shape index (κ1) is 99.0. The van der Waals surface area contributed by atoms with E-state index in [1.54, 1.807) is 0 Å². The van der Waals surface area contributed by atoms with Gasteiger partial charge in [-0.05, 0) is 41.5 Å². The lowest BCUT2D eigenvalue weighted by atomic mass is 9.94. The number of alkyl halides is 39. The van der Waals surface area contributed by atoms with Gasteiger partial charge < -0.3 is 46.2 Å². The normalized spacial score (nSPS) is 14.4. The highest BCUT2D eigenvalue weighted by Crippen LogP contribution is 2.63. The van der Waals surface area contributed by atoms with Crippen LogP contribution in [0.3, 0.4) is 0 Å². The minimum Gasteiger partial charge on any atom is -0.478 e. The summed E-state index contributed by atoms with van der Waals surface area (Å²) in [6.45, 7) is 7.64. The minimum atomic E-state index is -8.03. The van der Waals surface area contributed by atoms with Crippen molar-refractivity contribution < 1.29 is 232 Å². The van der Waals surface area contributed by atoms with Gasteiger partial charge in [-0.2, -0.15) is 171 Å². The number of aliphatic hydroxyl groups excluding tert-OH is 1. The van der Waals surface area contributed by atoms with Crippen LogP contribution in [0.1, 0.15) is 41.5 Å². The molecule has 54 heteroatoms. The van der Waals surface area contributed by atoms with Crippen molar-refractivity contribution in [1.82, 2.24) is 0 Å². The van der Waals surface area contributed by atoms with Gasteiger partial charge in [0.25, 0.3) is 0 Å². The van der Waals surface area contributed by atoms with Crippen LogP contribution in [-0.2, 0) is 50.4 Å². The van der Waals surface area contributed by atoms with Crippen LogP contribution in [0.5, 0.6) is 0 Å². The van der Waals surface area contributed by atoms with Gasteiger partial charge in [0.1, 0.15) is 12.7 Å². The number of carbonyl (C=O) groups is 3. The summed E-state index contributed by atoms with van der Waals surface area (Å²) >= 11 is 0. The highest BCUT2D eigenvalue weighted by atomic mass is 28.4. The number of carboxylic acid groups (broad SMARTS) is 1. The van der Waals surface area contributed by atoms with E-state index in [4.69, 9.17) is 36.8 Å². The van der Waals surface area contributed by atoms with Crippen LogP contribution in [0, 0.1) is 0 Å². The molecule has 95 heavy (non-hydrogen) atoms. The molecule has 0 spiro atoms. The van der Waals surface area contributed by atoms with Crippen molar-refractivity contribution in [2.75, 3.05) is 59.5 Å². The van der Waals surface area contributed by atoms with Crippen molar-refractivity contribution >= 4 is 36.2 Å². The number of carbonyl (C=O) groups excluding carboxylic acids is 2. The van der Waals surface area contributed by atoms with E-state index >= 15 is 0 Å². The maximum absolute atomic E-state index is 13.7. The third kappa shape index (κ3) is 22.2. The second-order valence-corrected chi connectivity index (χ2v) is 20.6. The van der Waals surface area contributed by atoms with Gasteiger partial charge in [0.15, 0.2) is 13.2 Å². The predicted molar refractivity (Wildman–Crippen MR) is 237 cm³/mol. The van der Waals surface area contributed by atoms with Crippen molar-refractivity contribution in [3.05, 3.63) is 25.3 Å². The number of carboxylic acids is 1. The standard InChI is InChI=1S/C15H19F13O5Si.C10H5F13O2.C7H3F13O.C6H16O3Si.C3H4O2/c1-4-31-34(32-5-2,33-6-3)7-9(29)30-8-10(16,17)11(18,19)12(20,21)13(22,23)14(24,25)15(26,27)28;1-2-4(24)25-3-5(11,12)6(13,14)7(15,16)8(17,18)9(19,20)10(21,22)23;8-2(9,1-21)3(10,11)4(12,13)5(14,15)6(16,17)7(18,19)20;1-4-7-10(8-5-2)9-6-3;1-2-3(4)5/h4-8H2,1-3H3;2H,1,3H2;21H,1H2;10H,4-6H2,1-3H3;2H,1H2,(H,4,5). The highest BCUT2D eigenvalue weighted by molar-refractivity contribution is 6.64. The summed E-state index contributed by atoms with van der Waals surface area (Å²) < 4.78 is 531. The zero-order valence-corrected chi connectivity index (χ0v) is 49.5. The molecule has 0 bridgehead atoms. The molecule has 0 aliphatic rings. The summed E-state index contributed by atoms with van der Waals surface area (Å²) in [6, 6.07) is -1.15. The molecule has 13 nitrogen and oxygen atoms in total. The Bertz CT molecular complexity index is 2340. The Kier molecular flexibility index (Phi) is 36.3. The zero-order valence-electron chi connectivity index (χ0n) is 47.3. The first-order valence-corrected chi connectivity index (χ1v) is 27.1. The molecule has 0 rings (SSSR count). The molecule has 2 N–H and O–H groups in total. The first-order chi connectivity index (χ1) is 41.7. The fourth-order valence-corrected chi connectivity index (χ4v) is 8.23. The molecular formula is C41H47F39O13Si2. The molecule has 0 amide bonds. The van der Waals surface area contributed by atoms with Crippen LogP contribution in [-0.4, -0.2) is 213 Å². The Hall–Kier alpha value is -4.69. The van der Waals surface area contributed by atoms with E-state index in [0.29, 0.717) is 19.8 Å². The smallest absolute Gasteiger partial charge is 0.478 e. The maximum Gasteiger partial charge on any atom is 0.512 e. The van der Waals surface area contributed by atoms with Crippen LogP contribution in [0.25, 0.3) is 0 Å². The number of rotatable bonds is 33. The molecule has 0 aliphatic heterocycles. The van der Waals surface area contributed by atoms with Gasteiger partial charge in [-0.25, -0.2) is 9.59 Å². The van der Waals surface area contributed by atoms with E-state index in [1.165, 1.54) is 20.8 Å². The molecule has 0 radical (unpaired) electrons. The lowest BCUT2D eigenvalue weighted by Crippen LogP contribution is -2.70. The Morgan fingerprint density at radius 2 is 0.579 bits per heavy atom. The first-order valence-electron chi connectivity index (χ1n) is 23.7. The molecule has 0 aliphatic carbocycles. The van der Waals surface area contributed by atoms with Gasteiger partial charge >= 0.3 is 144 Å². The predicted octanol–water partition coefficient (Wildman–Crippen LogP) is 14.6. The molecule has 0 aromatic rings. The van der Waals surface area contributed by atoms with Gasteiger partial charge in [0.05, 0.1) is 0 Å². The SMILES string of the molecule is C=CC(=O)O.C=CC(=O)OCC(F)(F)C(F)(F)C(F)(F)C(F)(F)C(F)(F)C(F)(F)F.CCO[SiH](OCC)OCC.CCO[Si](CC(=O)OCC(F)(F)C(F)(F)C(F)(F)C(F)(F)C(F)(F)C(F)(F)F)(OCC)OCC.OCC(F)(F)C(F)(F)C(F)(F)C(F)(F)C(F)(F)C(F)(F)F. The molecule has 0 atom stereocenters. The second kappa shape index (κ2) is 34.9. The average molecular weight is 1540 g/mol. The second-order valence-electron chi connectivity index (χ2n) is 16.5. The van der Waals surface area contributed by atoms with Crippen LogP contribution >= 0.6 is 0 Å². The topological polar surface area (TPSA) is 166 Å². The quantitative estimate of drug-likeness (QED) is 0.0276. The van der Waals surface area contributed by atoms with Crippen LogP contribution < -0.4 is 0 Å². The van der Waals surface area contributed by atoms with Gasteiger partial charge in [0.2, 0.25) is 0 Å². The summed E-state index contributed by atoms with van der Waals surface area (Å²) in [5, 5.41) is 15.3. The van der Waals surface area contributed by atoms with Crippen LogP contribution in [0.4, 0.5) is 171 Å². The number of aliphatic hydroxyl groups is 1. The van der Waals surface area contributed by atoms with Crippen molar-refractivity contribution in [1.29, 1.82) is 0 Å². The summed E-state index contributed by atoms with van der Waals surface area (Å²) in [7, 11) is -5.75. The van der Waals surface area contributed by atoms with Crippen molar-refractivity contribution in [3.63, 3.8) is 0 Å². The fourth-order valence-electron chi connectivity index (χ4n) is 4.80. The Balaban J connectivity index is -0.000000391. The van der Waals surface area contributed by atoms with Crippen molar-refractivity contribution in [2.24, 2.45) is 0 Å². The molecular weight excluding hydrogens is 1500 g/mol. The van der Waals surface area contributed by atoms with Gasteiger partial charge in [-0.15, -0.1) is 0 Å². The highest BCUT2D eigenvalue weighted by Gasteiger charge is 2.93. The van der Waals surface area contributed by atoms with E-state index in [1.807, 2.05) is 20.8 Å². The molecule has 0 aromatic heterocycles. The van der Waals surface area contributed by atoms with Gasteiger partial charge in [0, 0.05) is 51.8 Å². The molecule has 570 valence electrons. The number of ether oxygens (including phenoxy) is 2. The molecule has 0 aromatic carbocycles. The average Bonchev–Trinajstić information content (AvgIpc) is 0.729. The molecule has 0 saturated heterocycles. The largest absolute Gasteiger partial charge is 0.512 e. The van der Waals surface area contributed by atoms with Gasteiger partial charge in [-0.1, -0.05) is 13.2 Å². The fraction of sp³-hybridized carbons (Fsp3) is 0.829. The Morgan fingerprint density at radius 3 is 0.768 bits per heavy atom. The number of aliphatic carboxylic acids is 1. The Morgan fingerprint density at radius 1 is 0.358 bits per heavy atom. The van der Waals surface area contributed by atoms with Crippen molar-refractivity contribution in [2.45, 2.75) is 155 Å². The number of esters is 2. The molecule has 0 unspecified atom stereocenters. The monoisotopic (exact) mass is 1540 g/mol. The van der Waals surface area contributed by atoms with E-state index in [9.17, 15) is 186 Å². The lowest BCUT2D eigenvalue weighted by molar-refractivity contribution is -0.441. The van der Waals surface area contributed by atoms with Crippen molar-refractivity contribution in [3.8, 4) is 0 Å². The van der Waals surface area contributed by atoms with E-state index in [2.05, 4.69) is 22.6 Å². The molecule has 0 saturated carbocycles. The van der Waals surface area contributed by atoms with E-state index in [-0.39, 0.29) is 25.9 Å². The number of halogens is 39. The number of hydrogen-bond donors (Lipinski definition) is 2. The minimum absolute atomic E-state index is 0.0543. The zero-order chi connectivity index (χ0) is 78.0. The summed E-state index contributed by atoms with van der Waals surface area (Å²) in [6.07, 6.45) is -21.5. The summed E-state index contributed by atoms with van der Waals surface area (Å²) in [5.41, 5.74) is 0. The van der Waals surface area contributed by atoms with E-state index in [0.717, 1.165) is 6.08 Å².